The number of esters is 1. The molecule has 1 saturated heterocycles. The van der Waals surface area contributed by atoms with Gasteiger partial charge < -0.3 is 14.4 Å². The number of ether oxygens (including phenoxy) is 2. The van der Waals surface area contributed by atoms with Crippen LogP contribution < -0.4 is 9.64 Å². The number of methoxy groups -OCH3 is 1. The quantitative estimate of drug-likeness (QED) is 0.192. The monoisotopic (exact) mass is 560 g/mol. The van der Waals surface area contributed by atoms with Gasteiger partial charge in [-0.15, -0.1) is 0 Å². The summed E-state index contributed by atoms with van der Waals surface area (Å²) in [6, 6.07) is 20.4. The maximum Gasteiger partial charge on any atom is 0.323 e. The van der Waals surface area contributed by atoms with E-state index in [-0.39, 0.29) is 22.6 Å². The number of carbonyl (C=O) groups excluding carboxylic acids is 1. The summed E-state index contributed by atoms with van der Waals surface area (Å²) in [5.41, 5.74) is 2.96. The maximum absolute atomic E-state index is 14.0. The number of rotatable bonds is 4. The Labute approximate surface area is 243 Å². The van der Waals surface area contributed by atoms with E-state index in [4.69, 9.17) is 35.0 Å². The Balaban J connectivity index is 1.18. The highest BCUT2D eigenvalue weighted by molar-refractivity contribution is 6.32. The molecule has 4 saturated carbocycles. The summed E-state index contributed by atoms with van der Waals surface area (Å²) in [5.74, 6) is -1.31. The fourth-order valence-corrected chi connectivity index (χ4v) is 8.94. The number of nitrogens with zero attached hydrogens (tertiary/aromatic N) is 1. The second kappa shape index (κ2) is 8.80. The highest BCUT2D eigenvalue weighted by Gasteiger charge is 2.76. The van der Waals surface area contributed by atoms with Crippen molar-refractivity contribution in [1.82, 2.24) is 0 Å². The molecule has 7 heteroatoms. The number of hydrogen-bond acceptors (Lipinski definition) is 6. The van der Waals surface area contributed by atoms with Crippen LogP contribution in [0.1, 0.15) is 58.8 Å². The summed E-state index contributed by atoms with van der Waals surface area (Å²) in [5, 5.41) is 0.218. The van der Waals surface area contributed by atoms with Crippen molar-refractivity contribution in [2.75, 3.05) is 19.0 Å². The lowest BCUT2D eigenvalue weighted by Gasteiger charge is -2.68. The van der Waals surface area contributed by atoms with Gasteiger partial charge in [-0.25, -0.2) is 4.89 Å². The molecule has 6 aliphatic rings. The Morgan fingerprint density at radius 2 is 1.55 bits per heavy atom. The van der Waals surface area contributed by atoms with Gasteiger partial charge in [0.2, 0.25) is 0 Å². The van der Waals surface area contributed by atoms with Crippen molar-refractivity contribution in [1.29, 1.82) is 0 Å². The molecule has 2 aliphatic heterocycles. The van der Waals surface area contributed by atoms with Crippen molar-refractivity contribution in [2.45, 2.75) is 49.4 Å². The summed E-state index contributed by atoms with van der Waals surface area (Å²) in [6.45, 7) is 0. The third-order valence-electron chi connectivity index (χ3n) is 10.3. The largest absolute Gasteiger partial charge is 0.424 e. The van der Waals surface area contributed by atoms with Gasteiger partial charge in [-0.2, -0.15) is 4.89 Å². The molecule has 6 nitrogen and oxygen atoms in total. The van der Waals surface area contributed by atoms with Crippen LogP contribution in [0, 0.1) is 23.7 Å². The number of carbonyl (C=O) groups is 1. The van der Waals surface area contributed by atoms with E-state index in [1.165, 1.54) is 6.42 Å². The first-order valence-corrected chi connectivity index (χ1v) is 14.5. The third-order valence-corrected chi connectivity index (χ3v) is 10.6. The Morgan fingerprint density at radius 3 is 2.12 bits per heavy atom. The number of benzene rings is 3. The summed E-state index contributed by atoms with van der Waals surface area (Å²) >= 11 is 6.64. The summed E-state index contributed by atoms with van der Waals surface area (Å²) in [4.78, 5) is 27.9. The topological polar surface area (TPSA) is 57.2 Å². The standard InChI is InChI=1S/C33H32ClNO5/c1-35-27-9-5-3-7-24(27)30(25-8-4-6-10-28(25)35)31(36)38-29-18-21(11-12-26(29)34)33(37-2)32(39-40-33)22-14-19-13-20(16-22)17-23(32)15-19/h3-12,18-20,22-23,30H,13-17H2,1-2H3/i2D3. The van der Waals surface area contributed by atoms with Crippen LogP contribution in [-0.2, 0) is 25.1 Å². The minimum absolute atomic E-state index is 0.105. The van der Waals surface area contributed by atoms with E-state index < -0.39 is 30.3 Å². The van der Waals surface area contributed by atoms with Crippen molar-refractivity contribution >= 4 is 28.9 Å². The zero-order valence-electron chi connectivity index (χ0n) is 25.1. The average molecular weight is 561 g/mol. The molecule has 40 heavy (non-hydrogen) atoms. The highest BCUT2D eigenvalue weighted by atomic mass is 35.5. The van der Waals surface area contributed by atoms with Gasteiger partial charge in [0.05, 0.1) is 9.13 Å². The molecule has 1 atom stereocenters. The van der Waals surface area contributed by atoms with E-state index in [1.54, 1.807) is 18.2 Å². The van der Waals surface area contributed by atoms with Crippen LogP contribution in [0.25, 0.3) is 0 Å². The van der Waals surface area contributed by atoms with Crippen LogP contribution in [0.2, 0.25) is 5.02 Å². The predicted octanol–water partition coefficient (Wildman–Crippen LogP) is 7.11. The molecule has 3 aromatic carbocycles. The molecule has 206 valence electrons. The molecular weight excluding hydrogens is 526 g/mol. The van der Waals surface area contributed by atoms with Gasteiger partial charge in [-0.05, 0) is 91.2 Å². The number of para-hydroxylation sites is 2. The summed E-state index contributed by atoms with van der Waals surface area (Å²) in [7, 11) is -0.784. The first kappa shape index (κ1) is 21.8. The van der Waals surface area contributed by atoms with Gasteiger partial charge >= 0.3 is 5.97 Å². The molecular formula is C33H32ClNO5. The molecule has 0 N–H and O–H groups in total. The molecule has 9 rings (SSSR count). The molecule has 4 aliphatic carbocycles. The zero-order valence-corrected chi connectivity index (χ0v) is 22.9. The van der Waals surface area contributed by atoms with Gasteiger partial charge in [0, 0.05) is 31.0 Å². The van der Waals surface area contributed by atoms with Crippen molar-refractivity contribution in [2.24, 2.45) is 23.7 Å². The van der Waals surface area contributed by atoms with E-state index in [1.807, 2.05) is 55.6 Å². The predicted molar refractivity (Wildman–Crippen MR) is 151 cm³/mol. The lowest BCUT2D eigenvalue weighted by atomic mass is 9.47. The first-order valence-electron chi connectivity index (χ1n) is 15.6. The van der Waals surface area contributed by atoms with E-state index in [9.17, 15) is 4.79 Å². The molecule has 1 unspecified atom stereocenters. The molecule has 4 bridgehead atoms. The number of halogens is 1. The molecule has 5 fully saturated rings. The average Bonchev–Trinajstić information content (AvgIpc) is 2.96. The maximum atomic E-state index is 14.0. The van der Waals surface area contributed by atoms with E-state index in [0.717, 1.165) is 48.2 Å². The minimum atomic E-state index is -2.76. The number of fused-ring (bicyclic) bond motifs is 2. The van der Waals surface area contributed by atoms with Crippen LogP contribution in [0.4, 0.5) is 11.4 Å². The zero-order chi connectivity index (χ0) is 29.7. The fourth-order valence-electron chi connectivity index (χ4n) is 8.78. The van der Waals surface area contributed by atoms with E-state index >= 15 is 0 Å². The molecule has 0 radical (unpaired) electrons. The fraction of sp³-hybridized carbons (Fsp3) is 0.424. The first-order chi connectivity index (χ1) is 20.6. The second-order valence-corrected chi connectivity index (χ2v) is 12.6. The van der Waals surface area contributed by atoms with Crippen LogP contribution in [-0.4, -0.2) is 25.7 Å². The van der Waals surface area contributed by atoms with Crippen LogP contribution in [0.5, 0.6) is 5.75 Å². The molecule has 3 aromatic rings. The molecule has 0 aromatic heterocycles. The highest BCUT2D eigenvalue weighted by Crippen LogP contribution is 2.69. The molecule has 2 heterocycles. The van der Waals surface area contributed by atoms with Gasteiger partial charge in [-0.1, -0.05) is 54.1 Å². The third kappa shape index (κ3) is 3.19. The van der Waals surface area contributed by atoms with Gasteiger partial charge in [-0.3, -0.25) is 4.79 Å². The Kier molecular flexibility index (Phi) is 4.79. The number of hydrogen-bond donors (Lipinski definition) is 0. The second-order valence-electron chi connectivity index (χ2n) is 12.2. The summed E-state index contributed by atoms with van der Waals surface area (Å²) < 4.78 is 36.3. The van der Waals surface area contributed by atoms with Crippen molar-refractivity contribution in [3.63, 3.8) is 0 Å². The lowest BCUT2D eigenvalue weighted by molar-refractivity contribution is -0.645. The van der Waals surface area contributed by atoms with Crippen molar-refractivity contribution in [3.8, 4) is 5.75 Å². The van der Waals surface area contributed by atoms with Crippen LogP contribution >= 0.6 is 11.6 Å². The van der Waals surface area contributed by atoms with Crippen molar-refractivity contribution < 1.29 is 28.2 Å². The van der Waals surface area contributed by atoms with Crippen molar-refractivity contribution in [3.05, 3.63) is 88.4 Å². The van der Waals surface area contributed by atoms with E-state index in [2.05, 4.69) is 4.90 Å². The van der Waals surface area contributed by atoms with Gasteiger partial charge in [0.15, 0.2) is 5.60 Å². The van der Waals surface area contributed by atoms with Crippen LogP contribution in [0.15, 0.2) is 66.7 Å². The lowest BCUT2D eigenvalue weighted by Crippen LogP contribution is -2.76. The Bertz CT molecular complexity index is 1550. The summed E-state index contributed by atoms with van der Waals surface area (Å²) in [6.07, 6.45) is 5.03. The van der Waals surface area contributed by atoms with Crippen LogP contribution in [0.3, 0.4) is 0 Å². The van der Waals surface area contributed by atoms with Gasteiger partial charge in [0.25, 0.3) is 5.79 Å². The molecule has 0 amide bonds. The SMILES string of the molecule is [2H]C([2H])([2H])OC1(c2ccc(Cl)c(OC(=O)C3c4ccccc4N(C)c4ccccc43)c2)OOC12C1CC3CC(C1)CC2C3. The Hall–Kier alpha value is -2.90. The number of anilines is 2. The normalized spacial score (nSPS) is 34.9. The molecule has 1 spiro atoms. The van der Waals surface area contributed by atoms with Gasteiger partial charge in [0.1, 0.15) is 11.7 Å². The Morgan fingerprint density at radius 1 is 0.925 bits per heavy atom. The minimum Gasteiger partial charge on any atom is -0.424 e. The van der Waals surface area contributed by atoms with E-state index in [0.29, 0.717) is 17.4 Å². The smallest absolute Gasteiger partial charge is 0.323 e.